The number of likely N-dealkylation sites (tertiary alicyclic amines) is 1. The van der Waals surface area contributed by atoms with E-state index in [1.54, 1.807) is 24.3 Å². The van der Waals surface area contributed by atoms with Gasteiger partial charge in [-0.05, 0) is 42.9 Å². The van der Waals surface area contributed by atoms with Crippen LogP contribution in [0.2, 0.25) is 0 Å². The maximum Gasteiger partial charge on any atom is 0.253 e. The van der Waals surface area contributed by atoms with Crippen LogP contribution in [0.5, 0.6) is 0 Å². The first-order valence-electron chi connectivity index (χ1n) is 9.86. The molecule has 0 unspecified atom stereocenters. The molecule has 1 aliphatic heterocycles. The van der Waals surface area contributed by atoms with Crippen molar-refractivity contribution in [2.75, 3.05) is 26.2 Å². The largest absolute Gasteiger partial charge is 0.338 e. The molecule has 1 aliphatic carbocycles. The summed E-state index contributed by atoms with van der Waals surface area (Å²) >= 11 is 0. The van der Waals surface area contributed by atoms with E-state index >= 15 is 0 Å². The highest BCUT2D eigenvalue weighted by Crippen LogP contribution is 2.36. The van der Waals surface area contributed by atoms with Crippen LogP contribution in [0, 0.1) is 11.8 Å². The number of nitrogens with zero attached hydrogens (tertiary/aromatic N) is 2. The highest BCUT2D eigenvalue weighted by atomic mass is 32.2. The molecule has 5 nitrogen and oxygen atoms in total. The monoisotopic (exact) mass is 378 g/mol. The molecule has 26 heavy (non-hydrogen) atoms. The molecule has 1 saturated carbocycles. The summed E-state index contributed by atoms with van der Waals surface area (Å²) in [5, 5.41) is 0. The number of hydrogen-bond donors (Lipinski definition) is 0. The molecule has 1 aromatic carbocycles. The second kappa shape index (κ2) is 8.09. The molecule has 0 aromatic heterocycles. The standard InChI is InChI=1S/C20H30N2O3S/c1-3-22(4-2)26(24,25)19-11-7-10-17(14-19)20(23)21-13-12-16-8-5-6-9-18(16)15-21/h7,10-11,14,16,18H,3-6,8-9,12-13,15H2,1-2H3/t16-,18-/m1/s1. The molecule has 2 atom stereocenters. The van der Waals surface area contributed by atoms with E-state index in [0.717, 1.165) is 25.4 Å². The molecule has 0 bridgehead atoms. The molecule has 6 heteroatoms. The number of rotatable bonds is 5. The first-order chi connectivity index (χ1) is 12.5. The third kappa shape index (κ3) is 3.81. The molecule has 0 radical (unpaired) electrons. The molecule has 0 N–H and O–H groups in total. The predicted octanol–water partition coefficient (Wildman–Crippen LogP) is 3.37. The summed E-state index contributed by atoms with van der Waals surface area (Å²) in [7, 11) is -3.54. The Bertz CT molecular complexity index is 743. The van der Waals surface area contributed by atoms with Gasteiger partial charge in [-0.1, -0.05) is 39.2 Å². The van der Waals surface area contributed by atoms with Crippen LogP contribution >= 0.6 is 0 Å². The third-order valence-electron chi connectivity index (χ3n) is 6.00. The average molecular weight is 379 g/mol. The van der Waals surface area contributed by atoms with E-state index in [9.17, 15) is 13.2 Å². The van der Waals surface area contributed by atoms with E-state index in [1.807, 2.05) is 18.7 Å². The van der Waals surface area contributed by atoms with E-state index in [0.29, 0.717) is 24.6 Å². The second-order valence-corrected chi connectivity index (χ2v) is 9.40. The molecule has 144 valence electrons. The topological polar surface area (TPSA) is 57.7 Å². The number of carbonyl (C=O) groups excluding carboxylic acids is 1. The summed E-state index contributed by atoms with van der Waals surface area (Å²) in [6.07, 6.45) is 6.17. The van der Waals surface area contributed by atoms with Gasteiger partial charge in [-0.25, -0.2) is 8.42 Å². The van der Waals surface area contributed by atoms with Gasteiger partial charge < -0.3 is 4.90 Å². The molecule has 1 saturated heterocycles. The van der Waals surface area contributed by atoms with Gasteiger partial charge in [0.25, 0.3) is 5.91 Å². The lowest BCUT2D eigenvalue weighted by atomic mass is 9.75. The van der Waals surface area contributed by atoms with Gasteiger partial charge in [0.05, 0.1) is 4.90 Å². The first-order valence-corrected chi connectivity index (χ1v) is 11.3. The molecular formula is C20H30N2O3S. The average Bonchev–Trinajstić information content (AvgIpc) is 2.68. The molecule has 3 rings (SSSR count). The minimum Gasteiger partial charge on any atom is -0.338 e. The van der Waals surface area contributed by atoms with Crippen molar-refractivity contribution in [3.8, 4) is 0 Å². The van der Waals surface area contributed by atoms with Crippen LogP contribution in [0.1, 0.15) is 56.3 Å². The van der Waals surface area contributed by atoms with Crippen molar-refractivity contribution in [3.05, 3.63) is 29.8 Å². The van der Waals surface area contributed by atoms with E-state index < -0.39 is 10.0 Å². The van der Waals surface area contributed by atoms with Crippen LogP contribution in [0.25, 0.3) is 0 Å². The fourth-order valence-electron chi connectivity index (χ4n) is 4.47. The molecule has 1 aromatic rings. The summed E-state index contributed by atoms with van der Waals surface area (Å²) in [6.45, 7) is 6.09. The van der Waals surface area contributed by atoms with Gasteiger partial charge in [0.15, 0.2) is 0 Å². The normalized spacial score (nSPS) is 23.7. The Hall–Kier alpha value is -1.40. The quantitative estimate of drug-likeness (QED) is 0.789. The Morgan fingerprint density at radius 1 is 1.12 bits per heavy atom. The maximum absolute atomic E-state index is 13.0. The molecular weight excluding hydrogens is 348 g/mol. The van der Waals surface area contributed by atoms with Gasteiger partial charge in [-0.15, -0.1) is 0 Å². The van der Waals surface area contributed by atoms with Gasteiger partial charge in [0.2, 0.25) is 10.0 Å². The second-order valence-electron chi connectivity index (χ2n) is 7.46. The van der Waals surface area contributed by atoms with Crippen molar-refractivity contribution in [3.63, 3.8) is 0 Å². The summed E-state index contributed by atoms with van der Waals surface area (Å²) < 4.78 is 26.9. The predicted molar refractivity (Wildman–Crippen MR) is 103 cm³/mol. The number of hydrogen-bond acceptors (Lipinski definition) is 3. The lowest BCUT2D eigenvalue weighted by Crippen LogP contribution is -2.44. The van der Waals surface area contributed by atoms with Gasteiger partial charge in [0, 0.05) is 31.7 Å². The van der Waals surface area contributed by atoms with Crippen molar-refractivity contribution in [1.82, 2.24) is 9.21 Å². The number of fused-ring (bicyclic) bond motifs is 1. The van der Waals surface area contributed by atoms with Crippen LogP contribution in [-0.4, -0.2) is 49.7 Å². The van der Waals surface area contributed by atoms with Crippen LogP contribution in [-0.2, 0) is 10.0 Å². The lowest BCUT2D eigenvalue weighted by molar-refractivity contribution is 0.0520. The molecule has 2 fully saturated rings. The van der Waals surface area contributed by atoms with Crippen LogP contribution in [0.4, 0.5) is 0 Å². The number of benzene rings is 1. The third-order valence-corrected chi connectivity index (χ3v) is 8.05. The highest BCUT2D eigenvalue weighted by molar-refractivity contribution is 7.89. The first kappa shape index (κ1) is 19.4. The van der Waals surface area contributed by atoms with Crippen LogP contribution in [0.15, 0.2) is 29.2 Å². The van der Waals surface area contributed by atoms with Crippen molar-refractivity contribution >= 4 is 15.9 Å². The van der Waals surface area contributed by atoms with Crippen molar-refractivity contribution < 1.29 is 13.2 Å². The Morgan fingerprint density at radius 3 is 2.50 bits per heavy atom. The van der Waals surface area contributed by atoms with Gasteiger partial charge in [-0.3, -0.25) is 4.79 Å². The van der Waals surface area contributed by atoms with Gasteiger partial charge >= 0.3 is 0 Å². The van der Waals surface area contributed by atoms with E-state index in [4.69, 9.17) is 0 Å². The molecule has 1 amide bonds. The minimum absolute atomic E-state index is 0.0365. The van der Waals surface area contributed by atoms with Gasteiger partial charge in [-0.2, -0.15) is 4.31 Å². The Balaban J connectivity index is 1.78. The van der Waals surface area contributed by atoms with E-state index in [-0.39, 0.29) is 10.8 Å². The fraction of sp³-hybridized carbons (Fsp3) is 0.650. The van der Waals surface area contributed by atoms with Crippen LogP contribution in [0.3, 0.4) is 0 Å². The van der Waals surface area contributed by atoms with Crippen molar-refractivity contribution in [2.45, 2.75) is 50.8 Å². The van der Waals surface area contributed by atoms with E-state index in [1.165, 1.54) is 30.0 Å². The SMILES string of the molecule is CCN(CC)S(=O)(=O)c1cccc(C(=O)N2CC[C@H]3CCCC[C@@H]3C2)c1. The summed E-state index contributed by atoms with van der Waals surface area (Å²) in [4.78, 5) is 15.1. The number of carbonyl (C=O) groups is 1. The van der Waals surface area contributed by atoms with Crippen LogP contribution < -0.4 is 0 Å². The molecule has 0 spiro atoms. The Kier molecular flexibility index (Phi) is 6.03. The van der Waals surface area contributed by atoms with Crippen molar-refractivity contribution in [1.29, 1.82) is 0 Å². The number of piperidine rings is 1. The summed E-state index contributed by atoms with van der Waals surface area (Å²) in [6, 6.07) is 6.54. The fourth-order valence-corrected chi connectivity index (χ4v) is 5.97. The summed E-state index contributed by atoms with van der Waals surface area (Å²) in [5.74, 6) is 1.34. The maximum atomic E-state index is 13.0. The zero-order chi connectivity index (χ0) is 18.7. The van der Waals surface area contributed by atoms with Crippen molar-refractivity contribution in [2.24, 2.45) is 11.8 Å². The smallest absolute Gasteiger partial charge is 0.253 e. The Labute approximate surface area is 157 Å². The number of amides is 1. The highest BCUT2D eigenvalue weighted by Gasteiger charge is 2.33. The van der Waals surface area contributed by atoms with Gasteiger partial charge in [0.1, 0.15) is 0 Å². The zero-order valence-electron chi connectivity index (χ0n) is 15.9. The minimum atomic E-state index is -3.54. The summed E-state index contributed by atoms with van der Waals surface area (Å²) in [5.41, 5.74) is 0.479. The molecule has 1 heterocycles. The van der Waals surface area contributed by atoms with E-state index in [2.05, 4.69) is 0 Å². The number of sulfonamides is 1. The lowest BCUT2D eigenvalue weighted by Gasteiger charge is -2.41. The zero-order valence-corrected chi connectivity index (χ0v) is 16.7. The molecule has 2 aliphatic rings. The Morgan fingerprint density at radius 2 is 1.81 bits per heavy atom.